The second kappa shape index (κ2) is 4.41. The Morgan fingerprint density at radius 1 is 1.10 bits per heavy atom. The van der Waals surface area contributed by atoms with Gasteiger partial charge in [0.25, 0.3) is 0 Å². The number of hydrogen-bond donors (Lipinski definition) is 1. The van der Waals surface area contributed by atoms with Gasteiger partial charge in [0, 0.05) is 0 Å². The van der Waals surface area contributed by atoms with Gasteiger partial charge in [-0.2, -0.15) is 0 Å². The van der Waals surface area contributed by atoms with Gasteiger partial charge in [-0.3, -0.25) is 0 Å². The first kappa shape index (κ1) is 12.6. The van der Waals surface area contributed by atoms with E-state index in [2.05, 4.69) is 0 Å². The fraction of sp³-hybridized carbons (Fsp3) is 0.235. The van der Waals surface area contributed by atoms with E-state index in [1.165, 1.54) is 7.11 Å². The first-order chi connectivity index (χ1) is 10.2. The predicted octanol–water partition coefficient (Wildman–Crippen LogP) is 2.49. The summed E-state index contributed by atoms with van der Waals surface area (Å²) in [4.78, 5) is 11.7. The van der Waals surface area contributed by atoms with Crippen LogP contribution in [0.2, 0.25) is 0 Å². The summed E-state index contributed by atoms with van der Waals surface area (Å²) in [6.45, 7) is 0.0266. The lowest BCUT2D eigenvalue weighted by Gasteiger charge is -2.17. The van der Waals surface area contributed by atoms with Crippen LogP contribution >= 0.6 is 0 Å². The van der Waals surface area contributed by atoms with E-state index in [0.29, 0.717) is 5.56 Å². The van der Waals surface area contributed by atoms with Gasteiger partial charge in [-0.25, -0.2) is 4.79 Å². The van der Waals surface area contributed by atoms with Gasteiger partial charge >= 0.3 is 5.97 Å². The van der Waals surface area contributed by atoms with Crippen molar-refractivity contribution in [2.75, 3.05) is 7.11 Å². The Balaban J connectivity index is 1.81. The van der Waals surface area contributed by atoms with Crippen molar-refractivity contribution in [2.45, 2.75) is 18.8 Å². The number of aliphatic hydroxyl groups is 1. The quantitative estimate of drug-likeness (QED) is 0.860. The van der Waals surface area contributed by atoms with Crippen LogP contribution in [-0.2, 0) is 16.1 Å². The van der Waals surface area contributed by atoms with Crippen LogP contribution in [0.1, 0.15) is 50.4 Å². The van der Waals surface area contributed by atoms with Gasteiger partial charge in [0.05, 0.1) is 19.3 Å². The Morgan fingerprint density at radius 3 is 2.43 bits per heavy atom. The lowest BCUT2D eigenvalue weighted by atomic mass is 9.84. The highest BCUT2D eigenvalue weighted by Gasteiger charge is 2.42. The fourth-order valence-electron chi connectivity index (χ4n) is 3.24. The van der Waals surface area contributed by atoms with Crippen molar-refractivity contribution in [3.8, 4) is 0 Å². The molecule has 2 heterocycles. The average Bonchev–Trinajstić information content (AvgIpc) is 3.10. The molecule has 0 aromatic heterocycles. The van der Waals surface area contributed by atoms with E-state index in [0.717, 1.165) is 27.8 Å². The number of benzene rings is 2. The molecule has 0 amide bonds. The van der Waals surface area contributed by atoms with Gasteiger partial charge in [-0.05, 0) is 39.9 Å². The monoisotopic (exact) mass is 282 g/mol. The summed E-state index contributed by atoms with van der Waals surface area (Å²) in [5.41, 5.74) is 5.79. The Hall–Kier alpha value is -2.17. The summed E-state index contributed by atoms with van der Waals surface area (Å²) in [5.74, 6) is -0.337. The SMILES string of the molecule is COC(=O)c1ccc2c(c1)[C@H]1O[C@@H]2c2cc(CO)ccc21. The second-order valence-corrected chi connectivity index (χ2v) is 5.35. The lowest BCUT2D eigenvalue weighted by molar-refractivity contribution is 0.0600. The molecule has 4 heteroatoms. The smallest absolute Gasteiger partial charge is 0.337 e. The lowest BCUT2D eigenvalue weighted by Crippen LogP contribution is -2.07. The van der Waals surface area contributed by atoms with Crippen LogP contribution in [-0.4, -0.2) is 18.2 Å². The molecule has 0 aliphatic carbocycles. The molecule has 1 N–H and O–H groups in total. The number of fused-ring (bicyclic) bond motifs is 8. The molecule has 4 nitrogen and oxygen atoms in total. The third kappa shape index (κ3) is 1.66. The molecule has 2 atom stereocenters. The summed E-state index contributed by atoms with van der Waals surface area (Å²) >= 11 is 0. The summed E-state index contributed by atoms with van der Waals surface area (Å²) < 4.78 is 10.8. The summed E-state index contributed by atoms with van der Waals surface area (Å²) in [6, 6.07) is 11.5. The molecule has 0 fully saturated rings. The molecule has 0 saturated heterocycles. The molecular weight excluding hydrogens is 268 g/mol. The zero-order valence-electron chi connectivity index (χ0n) is 11.5. The second-order valence-electron chi connectivity index (χ2n) is 5.35. The number of hydrogen-bond acceptors (Lipinski definition) is 4. The van der Waals surface area contributed by atoms with E-state index in [-0.39, 0.29) is 24.8 Å². The zero-order valence-corrected chi connectivity index (χ0v) is 11.5. The van der Waals surface area contributed by atoms with E-state index in [1.54, 1.807) is 6.07 Å². The van der Waals surface area contributed by atoms with Crippen molar-refractivity contribution >= 4 is 5.97 Å². The van der Waals surface area contributed by atoms with Crippen LogP contribution < -0.4 is 0 Å². The minimum atomic E-state index is -0.337. The Labute approximate surface area is 121 Å². The van der Waals surface area contributed by atoms with E-state index in [4.69, 9.17) is 9.47 Å². The number of aliphatic hydroxyl groups excluding tert-OH is 1. The molecule has 0 saturated carbocycles. The third-order valence-corrected chi connectivity index (χ3v) is 4.24. The van der Waals surface area contributed by atoms with Gasteiger partial charge in [0.1, 0.15) is 12.2 Å². The largest absolute Gasteiger partial charge is 0.465 e. The first-order valence-corrected chi connectivity index (χ1v) is 6.84. The van der Waals surface area contributed by atoms with Crippen LogP contribution in [0.4, 0.5) is 0 Å². The maximum Gasteiger partial charge on any atom is 0.337 e. The Bertz CT molecular complexity index is 750. The summed E-state index contributed by atoms with van der Waals surface area (Å²) in [6.07, 6.45) is -0.226. The number of rotatable bonds is 2. The number of carbonyl (C=O) groups is 1. The number of esters is 1. The molecule has 2 aliphatic rings. The molecule has 0 spiro atoms. The van der Waals surface area contributed by atoms with Crippen LogP contribution in [0, 0.1) is 0 Å². The Morgan fingerprint density at radius 2 is 1.76 bits per heavy atom. The topological polar surface area (TPSA) is 55.8 Å². The van der Waals surface area contributed by atoms with Crippen molar-refractivity contribution in [2.24, 2.45) is 0 Å². The Kier molecular flexibility index (Phi) is 2.64. The van der Waals surface area contributed by atoms with E-state index in [9.17, 15) is 9.90 Å². The maximum atomic E-state index is 11.7. The van der Waals surface area contributed by atoms with E-state index >= 15 is 0 Å². The molecule has 21 heavy (non-hydrogen) atoms. The number of ether oxygens (including phenoxy) is 2. The fourth-order valence-corrected chi connectivity index (χ4v) is 3.24. The van der Waals surface area contributed by atoms with Crippen LogP contribution in [0.3, 0.4) is 0 Å². The van der Waals surface area contributed by atoms with Crippen molar-refractivity contribution in [1.29, 1.82) is 0 Å². The van der Waals surface area contributed by atoms with Gasteiger partial charge in [0.2, 0.25) is 0 Å². The number of methoxy groups -OCH3 is 1. The van der Waals surface area contributed by atoms with Crippen LogP contribution in [0.5, 0.6) is 0 Å². The third-order valence-electron chi connectivity index (χ3n) is 4.24. The highest BCUT2D eigenvalue weighted by atomic mass is 16.5. The highest BCUT2D eigenvalue weighted by molar-refractivity contribution is 5.90. The molecule has 4 rings (SSSR count). The van der Waals surface area contributed by atoms with Crippen LogP contribution in [0.25, 0.3) is 0 Å². The molecule has 0 radical (unpaired) electrons. The minimum Gasteiger partial charge on any atom is -0.465 e. The summed E-state index contributed by atoms with van der Waals surface area (Å²) in [7, 11) is 1.38. The van der Waals surface area contributed by atoms with E-state index in [1.807, 2.05) is 30.3 Å². The highest BCUT2D eigenvalue weighted by Crippen LogP contribution is 2.54. The molecule has 2 aliphatic heterocycles. The van der Waals surface area contributed by atoms with Crippen molar-refractivity contribution in [3.63, 3.8) is 0 Å². The normalized spacial score (nSPS) is 21.0. The standard InChI is InChI=1S/C17H14O4/c1-20-17(19)10-3-5-12-14(7-10)16-11-4-2-9(8-18)6-13(11)15(12)21-16/h2-7,15-16,18H,8H2,1H3/t15-,16-/m0/s1. The molecular formula is C17H14O4. The van der Waals surface area contributed by atoms with Crippen molar-refractivity contribution < 1.29 is 19.4 Å². The van der Waals surface area contributed by atoms with Crippen molar-refractivity contribution in [1.82, 2.24) is 0 Å². The van der Waals surface area contributed by atoms with Gasteiger partial charge in [0.15, 0.2) is 0 Å². The van der Waals surface area contributed by atoms with Crippen LogP contribution in [0.15, 0.2) is 36.4 Å². The maximum absolute atomic E-state index is 11.7. The first-order valence-electron chi connectivity index (χ1n) is 6.84. The van der Waals surface area contributed by atoms with E-state index < -0.39 is 0 Å². The molecule has 2 bridgehead atoms. The average molecular weight is 282 g/mol. The van der Waals surface area contributed by atoms with Gasteiger partial charge in [-0.15, -0.1) is 0 Å². The van der Waals surface area contributed by atoms with Gasteiger partial charge in [-0.1, -0.05) is 24.3 Å². The number of carbonyl (C=O) groups excluding carboxylic acids is 1. The molecule has 0 unspecified atom stereocenters. The molecule has 2 aromatic carbocycles. The minimum absolute atomic E-state index is 0.0266. The molecule has 106 valence electrons. The van der Waals surface area contributed by atoms with Crippen molar-refractivity contribution in [3.05, 3.63) is 69.8 Å². The predicted molar refractivity (Wildman–Crippen MR) is 74.9 cm³/mol. The molecule has 2 aromatic rings. The zero-order chi connectivity index (χ0) is 14.6. The van der Waals surface area contributed by atoms with Gasteiger partial charge < -0.3 is 14.6 Å². The summed E-state index contributed by atoms with van der Waals surface area (Å²) in [5, 5.41) is 9.27.